The summed E-state index contributed by atoms with van der Waals surface area (Å²) in [6, 6.07) is 10.6. The molecule has 0 saturated carbocycles. The van der Waals surface area contributed by atoms with E-state index in [4.69, 9.17) is 5.26 Å². The van der Waals surface area contributed by atoms with E-state index in [1.165, 1.54) is 6.92 Å². The summed E-state index contributed by atoms with van der Waals surface area (Å²) in [5.74, 6) is -2.31. The SMILES string of the molecule is C[C@]1(c2ccc(F)cc2F)NC(=O)N(Cc2ccc(C#N)cc2)C1=O. The van der Waals surface area contributed by atoms with Crippen molar-refractivity contribution in [2.24, 2.45) is 0 Å². The number of nitrogens with one attached hydrogen (secondary N) is 1. The number of imide groups is 1. The first-order chi connectivity index (χ1) is 11.8. The van der Waals surface area contributed by atoms with E-state index in [1.807, 2.05) is 6.07 Å². The normalized spacial score (nSPS) is 19.7. The third-order valence-corrected chi connectivity index (χ3v) is 4.17. The average Bonchev–Trinajstić information content (AvgIpc) is 2.79. The number of nitriles is 1. The van der Waals surface area contributed by atoms with Crippen LogP contribution in [0.3, 0.4) is 0 Å². The zero-order chi connectivity index (χ0) is 18.2. The summed E-state index contributed by atoms with van der Waals surface area (Å²) in [7, 11) is 0. The Bertz CT molecular complexity index is 906. The molecule has 1 atom stereocenters. The molecule has 25 heavy (non-hydrogen) atoms. The monoisotopic (exact) mass is 341 g/mol. The van der Waals surface area contributed by atoms with Crippen LogP contribution < -0.4 is 5.32 Å². The van der Waals surface area contributed by atoms with Crippen molar-refractivity contribution in [3.63, 3.8) is 0 Å². The van der Waals surface area contributed by atoms with Gasteiger partial charge in [0.25, 0.3) is 5.91 Å². The fourth-order valence-electron chi connectivity index (χ4n) is 2.79. The Balaban J connectivity index is 1.90. The molecule has 1 fully saturated rings. The Morgan fingerprint density at radius 1 is 1.16 bits per heavy atom. The molecule has 7 heteroatoms. The van der Waals surface area contributed by atoms with E-state index in [-0.39, 0.29) is 12.1 Å². The van der Waals surface area contributed by atoms with Crippen molar-refractivity contribution >= 4 is 11.9 Å². The molecule has 3 rings (SSSR count). The van der Waals surface area contributed by atoms with Crippen LogP contribution in [0.4, 0.5) is 13.6 Å². The minimum Gasteiger partial charge on any atom is -0.319 e. The number of hydrogen-bond acceptors (Lipinski definition) is 3. The minimum absolute atomic E-state index is 0.0191. The largest absolute Gasteiger partial charge is 0.325 e. The molecule has 5 nitrogen and oxygen atoms in total. The highest BCUT2D eigenvalue weighted by molar-refractivity contribution is 6.07. The zero-order valence-electron chi connectivity index (χ0n) is 13.2. The Morgan fingerprint density at radius 3 is 2.44 bits per heavy atom. The first-order valence-electron chi connectivity index (χ1n) is 7.44. The fourth-order valence-corrected chi connectivity index (χ4v) is 2.79. The second kappa shape index (κ2) is 5.98. The van der Waals surface area contributed by atoms with E-state index in [9.17, 15) is 18.4 Å². The maximum Gasteiger partial charge on any atom is 0.325 e. The number of halogens is 2. The number of carbonyl (C=O) groups is 2. The molecule has 3 amide bonds. The number of nitrogens with zero attached hydrogens (tertiary/aromatic N) is 2. The molecule has 2 aromatic carbocycles. The van der Waals surface area contributed by atoms with Gasteiger partial charge in [0.1, 0.15) is 17.2 Å². The van der Waals surface area contributed by atoms with Crippen molar-refractivity contribution in [1.29, 1.82) is 5.26 Å². The van der Waals surface area contributed by atoms with E-state index in [0.29, 0.717) is 17.2 Å². The molecule has 0 unspecified atom stereocenters. The van der Waals surface area contributed by atoms with Crippen LogP contribution in [0.2, 0.25) is 0 Å². The van der Waals surface area contributed by atoms with Gasteiger partial charge in [-0.15, -0.1) is 0 Å². The number of carbonyl (C=O) groups excluding carboxylic acids is 2. The van der Waals surface area contributed by atoms with Crippen molar-refractivity contribution in [3.05, 3.63) is 70.8 Å². The lowest BCUT2D eigenvalue weighted by Crippen LogP contribution is -2.41. The van der Waals surface area contributed by atoms with Crippen LogP contribution >= 0.6 is 0 Å². The van der Waals surface area contributed by atoms with Gasteiger partial charge in [0, 0.05) is 11.6 Å². The maximum atomic E-state index is 14.1. The lowest BCUT2D eigenvalue weighted by atomic mass is 9.91. The van der Waals surface area contributed by atoms with Gasteiger partial charge >= 0.3 is 6.03 Å². The molecule has 1 saturated heterocycles. The van der Waals surface area contributed by atoms with Gasteiger partial charge in [0.05, 0.1) is 18.2 Å². The number of rotatable bonds is 3. The fraction of sp³-hybridized carbons (Fsp3) is 0.167. The second-order valence-electron chi connectivity index (χ2n) is 5.88. The van der Waals surface area contributed by atoms with Crippen molar-refractivity contribution in [3.8, 4) is 6.07 Å². The highest BCUT2D eigenvalue weighted by atomic mass is 19.1. The number of urea groups is 1. The molecule has 1 aliphatic heterocycles. The number of benzene rings is 2. The van der Waals surface area contributed by atoms with Gasteiger partial charge in [0.2, 0.25) is 0 Å². The van der Waals surface area contributed by atoms with Crippen LogP contribution in [0, 0.1) is 23.0 Å². The van der Waals surface area contributed by atoms with E-state index in [0.717, 1.165) is 17.0 Å². The van der Waals surface area contributed by atoms with Gasteiger partial charge in [-0.3, -0.25) is 9.69 Å². The predicted molar refractivity (Wildman–Crippen MR) is 83.9 cm³/mol. The van der Waals surface area contributed by atoms with Crippen LogP contribution in [0.1, 0.15) is 23.6 Å². The average molecular weight is 341 g/mol. The molecule has 0 bridgehead atoms. The molecular weight excluding hydrogens is 328 g/mol. The van der Waals surface area contributed by atoms with E-state index >= 15 is 0 Å². The Kier molecular flexibility index (Phi) is 3.97. The third-order valence-electron chi connectivity index (χ3n) is 4.17. The Hall–Kier alpha value is -3.27. The second-order valence-corrected chi connectivity index (χ2v) is 5.88. The molecule has 0 radical (unpaired) electrons. The van der Waals surface area contributed by atoms with Crippen LogP contribution in [-0.4, -0.2) is 16.8 Å². The number of amides is 3. The van der Waals surface area contributed by atoms with Crippen molar-refractivity contribution in [2.75, 3.05) is 0 Å². The van der Waals surface area contributed by atoms with Crippen LogP contribution in [0.5, 0.6) is 0 Å². The standard InChI is InChI=1S/C18H13F2N3O2/c1-18(14-7-6-13(19)8-15(14)20)16(24)23(17(25)22-18)10-12-4-2-11(9-21)3-5-12/h2-8H,10H2,1H3,(H,22,25)/t18-/m1/s1. The predicted octanol–water partition coefficient (Wildman–Crippen LogP) is 2.80. The summed E-state index contributed by atoms with van der Waals surface area (Å²) in [5.41, 5.74) is -0.610. The molecule has 2 aromatic rings. The summed E-state index contributed by atoms with van der Waals surface area (Å²) in [6.07, 6.45) is 0. The van der Waals surface area contributed by atoms with Gasteiger partial charge in [-0.25, -0.2) is 13.6 Å². The third kappa shape index (κ3) is 2.83. The highest BCUT2D eigenvalue weighted by Gasteiger charge is 2.50. The smallest absolute Gasteiger partial charge is 0.319 e. The van der Waals surface area contributed by atoms with Crippen LogP contribution in [0.25, 0.3) is 0 Å². The molecule has 1 N–H and O–H groups in total. The number of hydrogen-bond donors (Lipinski definition) is 1. The molecular formula is C18H13F2N3O2. The first-order valence-corrected chi connectivity index (χ1v) is 7.44. The van der Waals surface area contributed by atoms with Crippen molar-refractivity contribution < 1.29 is 18.4 Å². The van der Waals surface area contributed by atoms with E-state index in [1.54, 1.807) is 24.3 Å². The van der Waals surface area contributed by atoms with E-state index in [2.05, 4.69) is 5.32 Å². The summed E-state index contributed by atoms with van der Waals surface area (Å²) in [6.45, 7) is 1.36. The van der Waals surface area contributed by atoms with Gasteiger partial charge in [-0.2, -0.15) is 5.26 Å². The molecule has 0 aromatic heterocycles. The highest BCUT2D eigenvalue weighted by Crippen LogP contribution is 2.31. The van der Waals surface area contributed by atoms with Gasteiger partial charge in [-0.1, -0.05) is 18.2 Å². The van der Waals surface area contributed by atoms with Crippen LogP contribution in [0.15, 0.2) is 42.5 Å². The minimum atomic E-state index is -1.61. The quantitative estimate of drug-likeness (QED) is 0.873. The topological polar surface area (TPSA) is 73.2 Å². The van der Waals surface area contributed by atoms with Crippen molar-refractivity contribution in [2.45, 2.75) is 19.0 Å². The summed E-state index contributed by atoms with van der Waals surface area (Å²) >= 11 is 0. The Morgan fingerprint density at radius 2 is 1.84 bits per heavy atom. The van der Waals surface area contributed by atoms with E-state index < -0.39 is 29.1 Å². The molecule has 1 aliphatic rings. The molecule has 126 valence electrons. The summed E-state index contributed by atoms with van der Waals surface area (Å²) < 4.78 is 27.2. The van der Waals surface area contributed by atoms with Gasteiger partial charge in [0.15, 0.2) is 0 Å². The first kappa shape index (κ1) is 16.6. The molecule has 0 spiro atoms. The molecule has 1 heterocycles. The lowest BCUT2D eigenvalue weighted by Gasteiger charge is -2.22. The lowest BCUT2D eigenvalue weighted by molar-refractivity contribution is -0.131. The van der Waals surface area contributed by atoms with Crippen molar-refractivity contribution in [1.82, 2.24) is 10.2 Å². The summed E-state index contributed by atoms with van der Waals surface area (Å²) in [5, 5.41) is 11.3. The Labute approximate surface area is 142 Å². The van der Waals surface area contributed by atoms with Gasteiger partial charge in [-0.05, 0) is 30.7 Å². The maximum absolute atomic E-state index is 14.1. The zero-order valence-corrected chi connectivity index (χ0v) is 13.2. The summed E-state index contributed by atoms with van der Waals surface area (Å²) in [4.78, 5) is 25.9. The van der Waals surface area contributed by atoms with Gasteiger partial charge < -0.3 is 5.32 Å². The molecule has 0 aliphatic carbocycles. The van der Waals surface area contributed by atoms with Crippen LogP contribution in [-0.2, 0) is 16.9 Å².